The lowest BCUT2D eigenvalue weighted by molar-refractivity contribution is 0.883. The summed E-state index contributed by atoms with van der Waals surface area (Å²) >= 11 is 0. The van der Waals surface area contributed by atoms with Crippen molar-refractivity contribution in [3.05, 3.63) is 65.2 Å². The van der Waals surface area contributed by atoms with Crippen LogP contribution in [0.1, 0.15) is 29.7 Å². The van der Waals surface area contributed by atoms with E-state index in [1.807, 2.05) is 43.3 Å². The highest BCUT2D eigenvalue weighted by molar-refractivity contribution is 5.61. The van der Waals surface area contributed by atoms with E-state index in [0.717, 1.165) is 16.8 Å². The van der Waals surface area contributed by atoms with Gasteiger partial charge in [-0.25, -0.2) is 0 Å². The van der Waals surface area contributed by atoms with Crippen molar-refractivity contribution in [2.45, 2.75) is 19.9 Å². The number of rotatable bonds is 3. The Bertz CT molecular complexity index is 567. The van der Waals surface area contributed by atoms with Gasteiger partial charge >= 0.3 is 0 Å². The number of benzene rings is 2. The lowest BCUT2D eigenvalue weighted by Crippen LogP contribution is -2.08. The van der Waals surface area contributed by atoms with Gasteiger partial charge in [-0.3, -0.25) is 0 Å². The molecule has 0 saturated carbocycles. The maximum absolute atomic E-state index is 9.19. The quantitative estimate of drug-likeness (QED) is 0.873. The van der Waals surface area contributed by atoms with Crippen LogP contribution >= 0.6 is 0 Å². The second-order valence-corrected chi connectivity index (χ2v) is 4.39. The molecule has 2 heteroatoms. The summed E-state index contributed by atoms with van der Waals surface area (Å²) < 4.78 is 0. The molecular weight excluding hydrogens is 220 g/mol. The molecule has 0 spiro atoms. The summed E-state index contributed by atoms with van der Waals surface area (Å²) in [5.74, 6) is 0. The molecule has 18 heavy (non-hydrogen) atoms. The van der Waals surface area contributed by atoms with Crippen LogP contribution in [0.5, 0.6) is 0 Å². The molecule has 0 radical (unpaired) electrons. The summed E-state index contributed by atoms with van der Waals surface area (Å²) in [6.45, 7) is 4.05. The van der Waals surface area contributed by atoms with Crippen LogP contribution in [-0.4, -0.2) is 0 Å². The molecule has 0 aliphatic carbocycles. The molecule has 0 bridgehead atoms. The van der Waals surface area contributed by atoms with Crippen LogP contribution in [0.25, 0.3) is 0 Å². The third-order valence-corrected chi connectivity index (χ3v) is 3.06. The number of nitrogens with zero attached hydrogens (tertiary/aromatic N) is 1. The van der Waals surface area contributed by atoms with Crippen LogP contribution in [-0.2, 0) is 0 Å². The predicted molar refractivity (Wildman–Crippen MR) is 74.4 cm³/mol. The van der Waals surface area contributed by atoms with Gasteiger partial charge in [-0.15, -0.1) is 0 Å². The Kier molecular flexibility index (Phi) is 3.64. The number of aryl methyl sites for hydroxylation is 1. The molecule has 1 unspecified atom stereocenters. The molecule has 1 N–H and O–H groups in total. The first-order valence-corrected chi connectivity index (χ1v) is 6.03. The molecule has 0 aliphatic rings. The number of hydrogen-bond acceptors (Lipinski definition) is 2. The van der Waals surface area contributed by atoms with Gasteiger partial charge in [-0.05, 0) is 31.0 Å². The van der Waals surface area contributed by atoms with Crippen LogP contribution in [0.4, 0.5) is 5.69 Å². The minimum Gasteiger partial charge on any atom is -0.377 e. The van der Waals surface area contributed by atoms with Gasteiger partial charge in [0.2, 0.25) is 0 Å². The van der Waals surface area contributed by atoms with E-state index in [4.69, 9.17) is 0 Å². The molecule has 2 rings (SSSR count). The standard InChI is InChI=1S/C16H16N2/c1-12-7-6-10-16(15(12)11-17)18-13(2)14-8-4-3-5-9-14/h3-10,13,18H,1-2H3. The van der Waals surface area contributed by atoms with Crippen LogP contribution in [0.3, 0.4) is 0 Å². The Morgan fingerprint density at radius 1 is 1.06 bits per heavy atom. The average molecular weight is 236 g/mol. The van der Waals surface area contributed by atoms with Gasteiger partial charge in [0.05, 0.1) is 11.3 Å². The number of hydrogen-bond donors (Lipinski definition) is 1. The molecule has 1 atom stereocenters. The van der Waals surface area contributed by atoms with Crippen molar-refractivity contribution < 1.29 is 0 Å². The fourth-order valence-corrected chi connectivity index (χ4v) is 1.99. The lowest BCUT2D eigenvalue weighted by Gasteiger charge is -2.17. The molecule has 0 saturated heterocycles. The molecule has 0 fully saturated rings. The van der Waals surface area contributed by atoms with Crippen molar-refractivity contribution in [3.63, 3.8) is 0 Å². The first-order chi connectivity index (χ1) is 8.72. The summed E-state index contributed by atoms with van der Waals surface area (Å²) in [7, 11) is 0. The molecule has 90 valence electrons. The second kappa shape index (κ2) is 5.37. The first kappa shape index (κ1) is 12.2. The third kappa shape index (κ3) is 2.52. The van der Waals surface area contributed by atoms with Gasteiger partial charge in [0.1, 0.15) is 6.07 Å². The monoisotopic (exact) mass is 236 g/mol. The van der Waals surface area contributed by atoms with Gasteiger partial charge < -0.3 is 5.32 Å². The van der Waals surface area contributed by atoms with E-state index in [1.165, 1.54) is 5.56 Å². The largest absolute Gasteiger partial charge is 0.377 e. The highest BCUT2D eigenvalue weighted by Gasteiger charge is 2.09. The van der Waals surface area contributed by atoms with Crippen molar-refractivity contribution in [1.82, 2.24) is 0 Å². The van der Waals surface area contributed by atoms with Gasteiger partial charge in [0.25, 0.3) is 0 Å². The Balaban J connectivity index is 2.25. The fourth-order valence-electron chi connectivity index (χ4n) is 1.99. The van der Waals surface area contributed by atoms with Crippen molar-refractivity contribution >= 4 is 5.69 Å². The minimum absolute atomic E-state index is 0.181. The van der Waals surface area contributed by atoms with Gasteiger partial charge in [-0.2, -0.15) is 5.26 Å². The van der Waals surface area contributed by atoms with E-state index in [-0.39, 0.29) is 6.04 Å². The number of nitrogens with one attached hydrogen (secondary N) is 1. The highest BCUT2D eigenvalue weighted by Crippen LogP contribution is 2.23. The van der Waals surface area contributed by atoms with E-state index < -0.39 is 0 Å². The zero-order valence-corrected chi connectivity index (χ0v) is 10.6. The average Bonchev–Trinajstić information content (AvgIpc) is 2.40. The van der Waals surface area contributed by atoms with E-state index in [2.05, 4.69) is 30.4 Å². The Labute approximate surface area is 108 Å². The maximum Gasteiger partial charge on any atom is 0.102 e. The second-order valence-electron chi connectivity index (χ2n) is 4.39. The molecule has 0 aromatic heterocycles. The summed E-state index contributed by atoms with van der Waals surface area (Å²) in [4.78, 5) is 0. The molecule has 2 nitrogen and oxygen atoms in total. The lowest BCUT2D eigenvalue weighted by atomic mass is 10.0. The van der Waals surface area contributed by atoms with E-state index >= 15 is 0 Å². The Morgan fingerprint density at radius 2 is 1.78 bits per heavy atom. The van der Waals surface area contributed by atoms with Crippen molar-refractivity contribution in [2.75, 3.05) is 5.32 Å². The van der Waals surface area contributed by atoms with Crippen LogP contribution < -0.4 is 5.32 Å². The molecule has 2 aromatic carbocycles. The minimum atomic E-state index is 0.181. The number of nitriles is 1. The SMILES string of the molecule is Cc1cccc(NC(C)c2ccccc2)c1C#N. The molecule has 0 aliphatic heterocycles. The van der Waals surface area contributed by atoms with Crippen molar-refractivity contribution in [2.24, 2.45) is 0 Å². The van der Waals surface area contributed by atoms with Crippen molar-refractivity contribution in [3.8, 4) is 6.07 Å². The molecule has 0 heterocycles. The van der Waals surface area contributed by atoms with Gasteiger partial charge in [0.15, 0.2) is 0 Å². The normalized spacial score (nSPS) is 11.6. The summed E-state index contributed by atoms with van der Waals surface area (Å²) in [5.41, 5.74) is 3.83. The van der Waals surface area contributed by atoms with Crippen LogP contribution in [0.2, 0.25) is 0 Å². The maximum atomic E-state index is 9.19. The van der Waals surface area contributed by atoms with Crippen LogP contribution in [0, 0.1) is 18.3 Å². The Hall–Kier alpha value is -2.27. The zero-order chi connectivity index (χ0) is 13.0. The van der Waals surface area contributed by atoms with E-state index in [0.29, 0.717) is 0 Å². The topological polar surface area (TPSA) is 35.8 Å². The summed E-state index contributed by atoms with van der Waals surface area (Å²) in [6.07, 6.45) is 0. The predicted octanol–water partition coefficient (Wildman–Crippen LogP) is 4.04. The fraction of sp³-hybridized carbons (Fsp3) is 0.188. The van der Waals surface area contributed by atoms with Crippen LogP contribution in [0.15, 0.2) is 48.5 Å². The van der Waals surface area contributed by atoms with E-state index in [9.17, 15) is 5.26 Å². The summed E-state index contributed by atoms with van der Waals surface area (Å²) in [6, 6.07) is 18.5. The first-order valence-electron chi connectivity index (χ1n) is 6.03. The van der Waals surface area contributed by atoms with Gasteiger partial charge in [0, 0.05) is 6.04 Å². The molecule has 0 amide bonds. The third-order valence-electron chi connectivity index (χ3n) is 3.06. The van der Waals surface area contributed by atoms with E-state index in [1.54, 1.807) is 0 Å². The smallest absolute Gasteiger partial charge is 0.102 e. The molecular formula is C16H16N2. The molecule has 2 aromatic rings. The Morgan fingerprint density at radius 3 is 2.44 bits per heavy atom. The zero-order valence-electron chi connectivity index (χ0n) is 10.6. The summed E-state index contributed by atoms with van der Waals surface area (Å²) in [5, 5.41) is 12.6. The van der Waals surface area contributed by atoms with Crippen molar-refractivity contribution in [1.29, 1.82) is 5.26 Å². The highest BCUT2D eigenvalue weighted by atomic mass is 14.9. The number of anilines is 1. The van der Waals surface area contributed by atoms with Gasteiger partial charge in [-0.1, -0.05) is 42.5 Å².